The van der Waals surface area contributed by atoms with Crippen molar-refractivity contribution in [1.82, 2.24) is 0 Å². The molecule has 0 bridgehead atoms. The van der Waals surface area contributed by atoms with Gasteiger partial charge in [0, 0.05) is 15.5 Å². The van der Waals surface area contributed by atoms with E-state index in [1.54, 1.807) is 36.0 Å². The lowest BCUT2D eigenvalue weighted by Crippen LogP contribution is -2.28. The highest BCUT2D eigenvalue weighted by Crippen LogP contribution is 2.44. The lowest BCUT2D eigenvalue weighted by molar-refractivity contribution is -0.116. The number of nitrogens with one attached hydrogen (secondary N) is 2. The van der Waals surface area contributed by atoms with E-state index in [2.05, 4.69) is 5.32 Å². The first-order valence-corrected chi connectivity index (χ1v) is 8.27. The standard InChI is InChI=1S/C17H12ClN3OS/c18-10-5-7-11(8-6-10)21-15(22)9-12(16(21)19)17-20-13-3-1-2-4-14(13)23-17/h1-8,19-20H,9H2. The number of hydrogen-bond acceptors (Lipinski definition) is 4. The van der Waals surface area contributed by atoms with Crippen molar-refractivity contribution in [2.24, 2.45) is 0 Å². The molecule has 114 valence electrons. The Labute approximate surface area is 142 Å². The Hall–Kier alpha value is -2.24. The maximum absolute atomic E-state index is 12.4. The van der Waals surface area contributed by atoms with E-state index >= 15 is 0 Å². The fourth-order valence-corrected chi connectivity index (χ4v) is 3.85. The van der Waals surface area contributed by atoms with Gasteiger partial charge in [-0.05, 0) is 36.4 Å². The molecule has 0 saturated carbocycles. The number of carbonyl (C=O) groups is 1. The molecule has 2 aliphatic heterocycles. The Balaban J connectivity index is 1.69. The van der Waals surface area contributed by atoms with E-state index in [0.29, 0.717) is 10.7 Å². The average Bonchev–Trinajstić information content (AvgIpc) is 3.09. The van der Waals surface area contributed by atoms with Crippen LogP contribution in [0.3, 0.4) is 0 Å². The summed E-state index contributed by atoms with van der Waals surface area (Å²) in [4.78, 5) is 14.9. The van der Waals surface area contributed by atoms with Crippen molar-refractivity contribution in [3.05, 3.63) is 64.2 Å². The molecule has 0 spiro atoms. The molecule has 2 aromatic rings. The SMILES string of the molecule is N=C1C(=C2Nc3ccccc3S2)CC(=O)N1c1ccc(Cl)cc1. The van der Waals surface area contributed by atoms with Gasteiger partial charge in [-0.3, -0.25) is 15.1 Å². The van der Waals surface area contributed by atoms with Crippen LogP contribution in [0.25, 0.3) is 0 Å². The zero-order valence-corrected chi connectivity index (χ0v) is 13.5. The molecule has 4 nitrogen and oxygen atoms in total. The predicted molar refractivity (Wildman–Crippen MR) is 94.2 cm³/mol. The highest BCUT2D eigenvalue weighted by atomic mass is 35.5. The lowest BCUT2D eigenvalue weighted by atomic mass is 10.2. The number of thioether (sulfide) groups is 1. The molecular weight excluding hydrogens is 330 g/mol. The van der Waals surface area contributed by atoms with Crippen LogP contribution in [0.5, 0.6) is 0 Å². The molecule has 2 aromatic carbocycles. The van der Waals surface area contributed by atoms with E-state index in [-0.39, 0.29) is 18.2 Å². The fourth-order valence-electron chi connectivity index (χ4n) is 2.68. The topological polar surface area (TPSA) is 56.2 Å². The molecule has 1 amide bonds. The Morgan fingerprint density at radius 1 is 1.13 bits per heavy atom. The van der Waals surface area contributed by atoms with Gasteiger partial charge in [0.2, 0.25) is 5.91 Å². The van der Waals surface area contributed by atoms with Crippen LogP contribution < -0.4 is 10.2 Å². The summed E-state index contributed by atoms with van der Waals surface area (Å²) in [5.74, 6) is 0.123. The third kappa shape index (κ3) is 2.42. The number of fused-ring (bicyclic) bond motifs is 1. The molecule has 0 radical (unpaired) electrons. The van der Waals surface area contributed by atoms with Crippen molar-refractivity contribution in [1.29, 1.82) is 5.41 Å². The summed E-state index contributed by atoms with van der Waals surface area (Å²) in [7, 11) is 0. The van der Waals surface area contributed by atoms with E-state index in [1.165, 1.54) is 4.90 Å². The first-order valence-electron chi connectivity index (χ1n) is 7.08. The third-order valence-corrected chi connectivity index (χ3v) is 5.17. The zero-order valence-electron chi connectivity index (χ0n) is 12.0. The lowest BCUT2D eigenvalue weighted by Gasteiger charge is -2.16. The molecule has 4 rings (SSSR count). The molecule has 2 aliphatic rings. The van der Waals surface area contributed by atoms with Crippen LogP contribution in [0.2, 0.25) is 5.02 Å². The van der Waals surface area contributed by atoms with Crippen LogP contribution in [0.4, 0.5) is 11.4 Å². The van der Waals surface area contributed by atoms with Crippen LogP contribution in [-0.2, 0) is 4.79 Å². The number of carbonyl (C=O) groups excluding carboxylic acids is 1. The van der Waals surface area contributed by atoms with E-state index in [1.807, 2.05) is 24.3 Å². The molecule has 0 aliphatic carbocycles. The molecule has 23 heavy (non-hydrogen) atoms. The van der Waals surface area contributed by atoms with Crippen LogP contribution >= 0.6 is 23.4 Å². The summed E-state index contributed by atoms with van der Waals surface area (Å²) in [6.45, 7) is 0. The van der Waals surface area contributed by atoms with Gasteiger partial charge < -0.3 is 5.32 Å². The Kier molecular flexibility index (Phi) is 3.39. The van der Waals surface area contributed by atoms with Crippen LogP contribution in [0.1, 0.15) is 6.42 Å². The molecular formula is C17H12ClN3OS. The molecule has 1 fully saturated rings. The van der Waals surface area contributed by atoms with Crippen molar-refractivity contribution in [3.63, 3.8) is 0 Å². The number of amidine groups is 1. The third-order valence-electron chi connectivity index (χ3n) is 3.79. The number of hydrogen-bond donors (Lipinski definition) is 2. The van der Waals surface area contributed by atoms with Crippen molar-refractivity contribution >= 4 is 46.5 Å². The fraction of sp³-hybridized carbons (Fsp3) is 0.0588. The number of halogens is 1. The molecule has 0 atom stereocenters. The van der Waals surface area contributed by atoms with Gasteiger partial charge in [-0.2, -0.15) is 0 Å². The smallest absolute Gasteiger partial charge is 0.237 e. The number of anilines is 2. The average molecular weight is 342 g/mol. The molecule has 0 unspecified atom stereocenters. The minimum absolute atomic E-state index is 0.0989. The Morgan fingerprint density at radius 2 is 1.87 bits per heavy atom. The van der Waals surface area contributed by atoms with E-state index < -0.39 is 0 Å². The number of amides is 1. The highest BCUT2D eigenvalue weighted by molar-refractivity contribution is 8.03. The van der Waals surface area contributed by atoms with E-state index in [0.717, 1.165) is 21.2 Å². The van der Waals surface area contributed by atoms with Crippen molar-refractivity contribution in [2.75, 3.05) is 10.2 Å². The van der Waals surface area contributed by atoms with Crippen LogP contribution in [0.15, 0.2) is 64.0 Å². The highest BCUT2D eigenvalue weighted by Gasteiger charge is 2.35. The molecule has 0 aromatic heterocycles. The second-order valence-corrected chi connectivity index (χ2v) is 6.75. The zero-order chi connectivity index (χ0) is 16.0. The maximum Gasteiger partial charge on any atom is 0.237 e. The molecule has 2 heterocycles. The first-order chi connectivity index (χ1) is 11.1. The number of nitrogens with zero attached hydrogens (tertiary/aromatic N) is 1. The minimum atomic E-state index is -0.0989. The maximum atomic E-state index is 12.4. The van der Waals surface area contributed by atoms with Gasteiger partial charge in [0.25, 0.3) is 0 Å². The summed E-state index contributed by atoms with van der Waals surface area (Å²) in [5, 5.41) is 13.2. The number of para-hydroxylation sites is 1. The monoisotopic (exact) mass is 341 g/mol. The molecule has 6 heteroatoms. The summed E-state index contributed by atoms with van der Waals surface area (Å²) in [5.41, 5.74) is 2.41. The Bertz CT molecular complexity index is 833. The van der Waals surface area contributed by atoms with Gasteiger partial charge >= 0.3 is 0 Å². The van der Waals surface area contributed by atoms with Crippen molar-refractivity contribution < 1.29 is 4.79 Å². The summed E-state index contributed by atoms with van der Waals surface area (Å²) in [6, 6.07) is 14.9. The van der Waals surface area contributed by atoms with Crippen molar-refractivity contribution in [3.8, 4) is 0 Å². The quantitative estimate of drug-likeness (QED) is 0.803. The first kappa shape index (κ1) is 14.4. The minimum Gasteiger partial charge on any atom is -0.349 e. The number of benzene rings is 2. The van der Waals surface area contributed by atoms with Gasteiger partial charge in [-0.25, -0.2) is 0 Å². The van der Waals surface area contributed by atoms with Gasteiger partial charge in [-0.15, -0.1) is 0 Å². The Morgan fingerprint density at radius 3 is 2.61 bits per heavy atom. The van der Waals surface area contributed by atoms with Gasteiger partial charge in [-0.1, -0.05) is 35.5 Å². The second-order valence-electron chi connectivity index (χ2n) is 5.26. The number of rotatable bonds is 1. The van der Waals surface area contributed by atoms with E-state index in [4.69, 9.17) is 17.0 Å². The van der Waals surface area contributed by atoms with Crippen molar-refractivity contribution in [2.45, 2.75) is 11.3 Å². The van der Waals surface area contributed by atoms with Gasteiger partial charge in [0.05, 0.1) is 22.8 Å². The summed E-state index contributed by atoms with van der Waals surface area (Å²) >= 11 is 7.46. The molecule has 1 saturated heterocycles. The summed E-state index contributed by atoms with van der Waals surface area (Å²) in [6.07, 6.45) is 0.227. The normalized spacial score (nSPS) is 20.0. The van der Waals surface area contributed by atoms with E-state index in [9.17, 15) is 4.79 Å². The van der Waals surface area contributed by atoms with Gasteiger partial charge in [0.15, 0.2) is 0 Å². The van der Waals surface area contributed by atoms with Gasteiger partial charge in [0.1, 0.15) is 5.84 Å². The van der Waals surface area contributed by atoms with Crippen LogP contribution in [-0.4, -0.2) is 11.7 Å². The largest absolute Gasteiger partial charge is 0.349 e. The van der Waals surface area contributed by atoms with Crippen LogP contribution in [0, 0.1) is 5.41 Å². The summed E-state index contributed by atoms with van der Waals surface area (Å²) < 4.78 is 0. The second kappa shape index (κ2) is 5.44. The predicted octanol–water partition coefficient (Wildman–Crippen LogP) is 4.48. The molecule has 2 N–H and O–H groups in total.